The van der Waals surface area contributed by atoms with E-state index in [-0.39, 0.29) is 17.5 Å². The van der Waals surface area contributed by atoms with Crippen molar-refractivity contribution in [1.82, 2.24) is 4.31 Å². The first-order chi connectivity index (χ1) is 8.59. The summed E-state index contributed by atoms with van der Waals surface area (Å²) in [6.45, 7) is -0.0982. The molecule has 0 saturated heterocycles. The minimum Gasteiger partial charge on any atom is -0.497 e. The van der Waals surface area contributed by atoms with Crippen LogP contribution in [0.4, 0.5) is 0 Å². The molecule has 0 spiro atoms. The zero-order chi connectivity index (χ0) is 13.2. The molecule has 1 aromatic rings. The molecular weight excluding hydrogens is 252 g/mol. The van der Waals surface area contributed by atoms with E-state index < -0.39 is 10.0 Å². The third-order valence-electron chi connectivity index (χ3n) is 2.85. The van der Waals surface area contributed by atoms with Gasteiger partial charge >= 0.3 is 0 Å². The second kappa shape index (κ2) is 4.96. The molecule has 0 unspecified atom stereocenters. The quantitative estimate of drug-likeness (QED) is 0.755. The van der Waals surface area contributed by atoms with Gasteiger partial charge in [-0.05, 0) is 37.1 Å². The van der Waals surface area contributed by atoms with Crippen molar-refractivity contribution in [2.45, 2.75) is 23.8 Å². The van der Waals surface area contributed by atoms with Crippen molar-refractivity contribution in [1.29, 1.82) is 5.26 Å². The molecule has 0 amide bonds. The Labute approximate surface area is 107 Å². The van der Waals surface area contributed by atoms with E-state index in [1.165, 1.54) is 23.5 Å². The summed E-state index contributed by atoms with van der Waals surface area (Å²) in [5.74, 6) is 0.604. The Balaban J connectivity index is 2.30. The number of ether oxygens (including phenoxy) is 1. The fourth-order valence-corrected chi connectivity index (χ4v) is 3.31. The van der Waals surface area contributed by atoms with Crippen LogP contribution in [0.5, 0.6) is 5.75 Å². The number of hydrogen-bond donors (Lipinski definition) is 0. The van der Waals surface area contributed by atoms with Crippen LogP contribution in [0.25, 0.3) is 0 Å². The van der Waals surface area contributed by atoms with Crippen molar-refractivity contribution in [2.24, 2.45) is 0 Å². The van der Waals surface area contributed by atoms with Crippen molar-refractivity contribution < 1.29 is 13.2 Å². The van der Waals surface area contributed by atoms with Crippen LogP contribution in [0.3, 0.4) is 0 Å². The topological polar surface area (TPSA) is 70.4 Å². The van der Waals surface area contributed by atoms with Crippen molar-refractivity contribution in [3.05, 3.63) is 24.3 Å². The van der Waals surface area contributed by atoms with Gasteiger partial charge in [-0.2, -0.15) is 9.57 Å². The van der Waals surface area contributed by atoms with Crippen molar-refractivity contribution in [2.75, 3.05) is 13.7 Å². The fraction of sp³-hybridized carbons (Fsp3) is 0.417. The molecule has 1 aliphatic rings. The van der Waals surface area contributed by atoms with Gasteiger partial charge in [-0.1, -0.05) is 0 Å². The predicted molar refractivity (Wildman–Crippen MR) is 65.5 cm³/mol. The maximum Gasteiger partial charge on any atom is 0.244 e. The van der Waals surface area contributed by atoms with E-state index >= 15 is 0 Å². The average Bonchev–Trinajstić information content (AvgIpc) is 3.20. The van der Waals surface area contributed by atoms with E-state index in [9.17, 15) is 8.42 Å². The van der Waals surface area contributed by atoms with Crippen LogP contribution in [0.2, 0.25) is 0 Å². The lowest BCUT2D eigenvalue weighted by Crippen LogP contribution is -2.33. The van der Waals surface area contributed by atoms with Gasteiger partial charge in [-0.15, -0.1) is 0 Å². The number of nitriles is 1. The van der Waals surface area contributed by atoms with E-state index in [4.69, 9.17) is 10.00 Å². The summed E-state index contributed by atoms with van der Waals surface area (Å²) in [4.78, 5) is 0.199. The number of rotatable bonds is 5. The summed E-state index contributed by atoms with van der Waals surface area (Å²) in [7, 11) is -2.05. The first-order valence-electron chi connectivity index (χ1n) is 5.62. The van der Waals surface area contributed by atoms with E-state index in [1.54, 1.807) is 12.1 Å². The van der Waals surface area contributed by atoms with Crippen molar-refractivity contribution >= 4 is 10.0 Å². The number of nitrogens with zero attached hydrogens (tertiary/aromatic N) is 2. The van der Waals surface area contributed by atoms with Crippen molar-refractivity contribution in [3.63, 3.8) is 0 Å². The van der Waals surface area contributed by atoms with Gasteiger partial charge in [0.1, 0.15) is 12.3 Å². The van der Waals surface area contributed by atoms with E-state index in [0.717, 1.165) is 12.8 Å². The standard InChI is InChI=1S/C12H14N2O3S/c1-17-11-4-6-12(7-5-11)18(15,16)14(9-8-13)10-2-3-10/h4-7,10H,2-3,9H2,1H3. The van der Waals surface area contributed by atoms with E-state index in [1.807, 2.05) is 6.07 Å². The maximum atomic E-state index is 12.3. The minimum atomic E-state index is -3.57. The number of benzene rings is 1. The molecule has 96 valence electrons. The molecule has 0 atom stereocenters. The smallest absolute Gasteiger partial charge is 0.244 e. The monoisotopic (exact) mass is 266 g/mol. The first-order valence-corrected chi connectivity index (χ1v) is 7.06. The number of hydrogen-bond acceptors (Lipinski definition) is 4. The van der Waals surface area contributed by atoms with Crippen LogP contribution in [-0.2, 0) is 10.0 Å². The molecule has 1 aromatic carbocycles. The third kappa shape index (κ3) is 2.47. The number of sulfonamides is 1. The van der Waals surface area contributed by atoms with Gasteiger partial charge in [0, 0.05) is 6.04 Å². The highest BCUT2D eigenvalue weighted by atomic mass is 32.2. The van der Waals surface area contributed by atoms with E-state index in [2.05, 4.69) is 0 Å². The van der Waals surface area contributed by atoms with Gasteiger partial charge in [-0.3, -0.25) is 0 Å². The molecule has 1 fully saturated rings. The summed E-state index contributed by atoms with van der Waals surface area (Å²) in [6, 6.07) is 8.10. The molecule has 5 nitrogen and oxygen atoms in total. The normalized spacial score (nSPS) is 15.4. The molecule has 6 heteroatoms. The molecule has 18 heavy (non-hydrogen) atoms. The Kier molecular flexibility index (Phi) is 3.55. The molecule has 0 N–H and O–H groups in total. The summed E-state index contributed by atoms with van der Waals surface area (Å²) in [5, 5.41) is 8.73. The fourth-order valence-electron chi connectivity index (χ4n) is 1.73. The molecule has 0 aromatic heterocycles. The molecule has 1 saturated carbocycles. The molecule has 0 radical (unpaired) electrons. The summed E-state index contributed by atoms with van der Waals surface area (Å²) < 4.78 is 30.9. The Morgan fingerprint density at radius 3 is 2.44 bits per heavy atom. The van der Waals surface area contributed by atoms with Crippen LogP contribution >= 0.6 is 0 Å². The molecule has 2 rings (SSSR count). The largest absolute Gasteiger partial charge is 0.497 e. The molecular formula is C12H14N2O3S. The van der Waals surface area contributed by atoms with Gasteiger partial charge in [-0.25, -0.2) is 8.42 Å². The maximum absolute atomic E-state index is 12.3. The summed E-state index contributed by atoms with van der Waals surface area (Å²) in [5.41, 5.74) is 0. The van der Waals surface area contributed by atoms with Gasteiger partial charge in [0.2, 0.25) is 10.0 Å². The molecule has 0 heterocycles. The predicted octanol–water partition coefficient (Wildman–Crippen LogP) is 1.37. The molecule has 0 aliphatic heterocycles. The highest BCUT2D eigenvalue weighted by Gasteiger charge is 2.37. The Hall–Kier alpha value is -1.58. The zero-order valence-electron chi connectivity index (χ0n) is 10.0. The zero-order valence-corrected chi connectivity index (χ0v) is 10.9. The minimum absolute atomic E-state index is 0.0169. The van der Waals surface area contributed by atoms with Gasteiger partial charge < -0.3 is 4.74 Å². The average molecular weight is 266 g/mol. The lowest BCUT2D eigenvalue weighted by atomic mass is 10.3. The lowest BCUT2D eigenvalue weighted by molar-refractivity contribution is 0.414. The van der Waals surface area contributed by atoms with E-state index in [0.29, 0.717) is 5.75 Å². The summed E-state index contributed by atoms with van der Waals surface area (Å²) in [6.07, 6.45) is 1.66. The SMILES string of the molecule is COc1ccc(S(=O)(=O)N(CC#N)C2CC2)cc1. The van der Waals surface area contributed by atoms with Crippen LogP contribution in [-0.4, -0.2) is 32.4 Å². The van der Waals surface area contributed by atoms with Gasteiger partial charge in [0.25, 0.3) is 0 Å². The van der Waals surface area contributed by atoms with Crippen LogP contribution in [0.1, 0.15) is 12.8 Å². The molecule has 0 bridgehead atoms. The Bertz CT molecular complexity index is 556. The van der Waals surface area contributed by atoms with Crippen LogP contribution in [0, 0.1) is 11.3 Å². The second-order valence-corrected chi connectivity index (χ2v) is 6.01. The highest BCUT2D eigenvalue weighted by molar-refractivity contribution is 7.89. The summed E-state index contributed by atoms with van der Waals surface area (Å²) >= 11 is 0. The first kappa shape index (κ1) is 12.9. The number of methoxy groups -OCH3 is 1. The van der Waals surface area contributed by atoms with Gasteiger partial charge in [0.15, 0.2) is 0 Å². The molecule has 1 aliphatic carbocycles. The lowest BCUT2D eigenvalue weighted by Gasteiger charge is -2.18. The van der Waals surface area contributed by atoms with Crippen molar-refractivity contribution in [3.8, 4) is 11.8 Å². The Morgan fingerprint density at radius 2 is 2.00 bits per heavy atom. The second-order valence-electron chi connectivity index (χ2n) is 4.12. The van der Waals surface area contributed by atoms with Crippen LogP contribution < -0.4 is 4.74 Å². The van der Waals surface area contributed by atoms with Gasteiger partial charge in [0.05, 0.1) is 18.1 Å². The third-order valence-corrected chi connectivity index (χ3v) is 4.76. The highest BCUT2D eigenvalue weighted by Crippen LogP contribution is 2.32. The Morgan fingerprint density at radius 1 is 1.39 bits per heavy atom. The van der Waals surface area contributed by atoms with Crippen LogP contribution in [0.15, 0.2) is 29.2 Å².